The Hall–Kier alpha value is -1.05. The number of hydrogen-bond acceptors (Lipinski definition) is 1. The van der Waals surface area contributed by atoms with Crippen LogP contribution in [0.3, 0.4) is 0 Å². The summed E-state index contributed by atoms with van der Waals surface area (Å²) in [6, 6.07) is 15.3. The average Bonchev–Trinajstić information content (AvgIpc) is 2.91. The first-order valence-corrected chi connectivity index (χ1v) is 6.59. The Morgan fingerprint density at radius 3 is 2.39 bits per heavy atom. The molecule has 1 saturated carbocycles. The first-order chi connectivity index (χ1) is 8.36. The van der Waals surface area contributed by atoms with Crippen LogP contribution in [-0.4, -0.2) is 0 Å². The van der Waals surface area contributed by atoms with Gasteiger partial charge in [-0.3, -0.25) is 0 Å². The van der Waals surface area contributed by atoms with Crippen molar-refractivity contribution >= 4 is 23.2 Å². The van der Waals surface area contributed by atoms with Gasteiger partial charge >= 0.3 is 0 Å². The van der Waals surface area contributed by atoms with E-state index in [-0.39, 0.29) is 18.4 Å². The highest BCUT2D eigenvalue weighted by Gasteiger charge is 2.24. The van der Waals surface area contributed by atoms with Crippen LogP contribution >= 0.6 is 12.4 Å². The Morgan fingerprint density at radius 2 is 1.61 bits per heavy atom. The van der Waals surface area contributed by atoms with Crippen molar-refractivity contribution in [3.05, 3.63) is 48.0 Å². The highest BCUT2D eigenvalue weighted by atomic mass is 35.5. The van der Waals surface area contributed by atoms with Gasteiger partial charge in [0.25, 0.3) is 0 Å². The lowest BCUT2D eigenvalue weighted by Crippen LogP contribution is -2.19. The third-order valence-electron chi connectivity index (χ3n) is 4.09. The van der Waals surface area contributed by atoms with Crippen LogP contribution in [0.1, 0.15) is 37.3 Å². The summed E-state index contributed by atoms with van der Waals surface area (Å²) in [5.74, 6) is 0.681. The largest absolute Gasteiger partial charge is 0.324 e. The van der Waals surface area contributed by atoms with E-state index in [1.54, 1.807) is 0 Å². The molecular weight excluding hydrogens is 242 g/mol. The highest BCUT2D eigenvalue weighted by molar-refractivity contribution is 5.86. The zero-order valence-corrected chi connectivity index (χ0v) is 11.3. The molecule has 0 radical (unpaired) electrons. The lowest BCUT2D eigenvalue weighted by atomic mass is 9.89. The summed E-state index contributed by atoms with van der Waals surface area (Å²) in [6.45, 7) is 0. The van der Waals surface area contributed by atoms with Gasteiger partial charge in [-0.2, -0.15) is 0 Å². The minimum atomic E-state index is 0. The zero-order valence-electron chi connectivity index (χ0n) is 10.5. The van der Waals surface area contributed by atoms with Crippen LogP contribution in [0.5, 0.6) is 0 Å². The molecule has 0 aromatic heterocycles. The quantitative estimate of drug-likeness (QED) is 0.849. The van der Waals surface area contributed by atoms with Gasteiger partial charge in [-0.05, 0) is 35.1 Å². The Balaban J connectivity index is 0.00000120. The van der Waals surface area contributed by atoms with Crippen molar-refractivity contribution in [2.75, 3.05) is 0 Å². The summed E-state index contributed by atoms with van der Waals surface area (Å²) in [4.78, 5) is 0. The van der Waals surface area contributed by atoms with Crippen molar-refractivity contribution in [1.29, 1.82) is 0 Å². The Labute approximate surface area is 115 Å². The van der Waals surface area contributed by atoms with Crippen LogP contribution in [0.25, 0.3) is 10.8 Å². The topological polar surface area (TPSA) is 26.0 Å². The first kappa shape index (κ1) is 13.4. The van der Waals surface area contributed by atoms with Crippen LogP contribution in [0.4, 0.5) is 0 Å². The number of fused-ring (bicyclic) bond motifs is 1. The SMILES string of the molecule is Cl.N[C@H](c1cccc2ccccc12)C1CCCC1. The third kappa shape index (κ3) is 2.38. The van der Waals surface area contributed by atoms with Gasteiger partial charge in [-0.25, -0.2) is 0 Å². The van der Waals surface area contributed by atoms with Crippen LogP contribution in [0.2, 0.25) is 0 Å². The Bertz CT molecular complexity index is 512. The normalized spacial score (nSPS) is 17.6. The molecule has 1 aliphatic carbocycles. The molecule has 0 heterocycles. The van der Waals surface area contributed by atoms with Crippen molar-refractivity contribution in [3.8, 4) is 0 Å². The molecule has 0 aliphatic heterocycles. The van der Waals surface area contributed by atoms with Crippen molar-refractivity contribution in [3.63, 3.8) is 0 Å². The predicted octanol–water partition coefficient (Wildman–Crippen LogP) is 4.45. The molecule has 1 nitrogen and oxygen atoms in total. The summed E-state index contributed by atoms with van der Waals surface area (Å²) < 4.78 is 0. The number of halogens is 1. The van der Waals surface area contributed by atoms with E-state index < -0.39 is 0 Å². The van der Waals surface area contributed by atoms with Crippen molar-refractivity contribution < 1.29 is 0 Å². The van der Waals surface area contributed by atoms with E-state index in [0.717, 1.165) is 0 Å². The first-order valence-electron chi connectivity index (χ1n) is 6.59. The maximum atomic E-state index is 6.47. The van der Waals surface area contributed by atoms with Crippen LogP contribution in [0.15, 0.2) is 42.5 Å². The van der Waals surface area contributed by atoms with Crippen LogP contribution in [0, 0.1) is 5.92 Å². The maximum Gasteiger partial charge on any atom is 0.0329 e. The summed E-state index contributed by atoms with van der Waals surface area (Å²) in [7, 11) is 0. The smallest absolute Gasteiger partial charge is 0.0329 e. The highest BCUT2D eigenvalue weighted by Crippen LogP contribution is 2.36. The van der Waals surface area contributed by atoms with E-state index in [2.05, 4.69) is 42.5 Å². The van der Waals surface area contributed by atoms with Gasteiger partial charge in [-0.1, -0.05) is 55.3 Å². The molecule has 0 spiro atoms. The van der Waals surface area contributed by atoms with Gasteiger partial charge in [0.1, 0.15) is 0 Å². The van der Waals surface area contributed by atoms with Gasteiger partial charge in [0, 0.05) is 6.04 Å². The molecule has 2 N–H and O–H groups in total. The van der Waals surface area contributed by atoms with Crippen molar-refractivity contribution in [1.82, 2.24) is 0 Å². The van der Waals surface area contributed by atoms with Gasteiger partial charge in [0.05, 0.1) is 0 Å². The predicted molar refractivity (Wildman–Crippen MR) is 80.1 cm³/mol. The van der Waals surface area contributed by atoms with E-state index in [1.807, 2.05) is 0 Å². The fraction of sp³-hybridized carbons (Fsp3) is 0.375. The average molecular weight is 262 g/mol. The maximum absolute atomic E-state index is 6.47. The number of benzene rings is 2. The lowest BCUT2D eigenvalue weighted by molar-refractivity contribution is 0.447. The third-order valence-corrected chi connectivity index (χ3v) is 4.09. The molecule has 2 heteroatoms. The van der Waals surface area contributed by atoms with E-state index in [4.69, 9.17) is 5.73 Å². The fourth-order valence-electron chi connectivity index (χ4n) is 3.11. The van der Waals surface area contributed by atoms with Gasteiger partial charge in [0.2, 0.25) is 0 Å². The van der Waals surface area contributed by atoms with Crippen LogP contribution < -0.4 is 5.73 Å². The minimum Gasteiger partial charge on any atom is -0.324 e. The fourth-order valence-corrected chi connectivity index (χ4v) is 3.11. The van der Waals surface area contributed by atoms with Crippen molar-refractivity contribution in [2.24, 2.45) is 11.7 Å². The second kappa shape index (κ2) is 5.73. The zero-order chi connectivity index (χ0) is 11.7. The molecule has 2 aromatic rings. The molecule has 1 aliphatic rings. The Morgan fingerprint density at radius 1 is 0.944 bits per heavy atom. The standard InChI is InChI=1S/C16H19N.ClH/c17-16(13-7-1-2-8-13)15-11-5-9-12-6-3-4-10-14(12)15;/h3-6,9-11,13,16H,1-2,7-8,17H2;1H/t16-;/m0./s1. The lowest BCUT2D eigenvalue weighted by Gasteiger charge is -2.20. The van der Waals surface area contributed by atoms with E-state index >= 15 is 0 Å². The summed E-state index contributed by atoms with van der Waals surface area (Å²) in [6.07, 6.45) is 5.29. The molecule has 96 valence electrons. The number of hydrogen-bond donors (Lipinski definition) is 1. The second-order valence-electron chi connectivity index (χ2n) is 5.14. The van der Waals surface area contributed by atoms with Gasteiger partial charge in [-0.15, -0.1) is 12.4 Å². The van der Waals surface area contributed by atoms with E-state index in [0.29, 0.717) is 5.92 Å². The number of nitrogens with two attached hydrogens (primary N) is 1. The molecule has 0 amide bonds. The Kier molecular flexibility index (Phi) is 4.26. The summed E-state index contributed by atoms with van der Waals surface area (Å²) in [5.41, 5.74) is 7.80. The van der Waals surface area contributed by atoms with E-state index in [9.17, 15) is 0 Å². The molecular formula is C16H20ClN. The molecule has 1 atom stereocenters. The van der Waals surface area contributed by atoms with Gasteiger partial charge in [0.15, 0.2) is 0 Å². The minimum absolute atomic E-state index is 0. The molecule has 0 unspecified atom stereocenters. The monoisotopic (exact) mass is 261 g/mol. The molecule has 0 saturated heterocycles. The van der Waals surface area contributed by atoms with E-state index in [1.165, 1.54) is 42.0 Å². The number of rotatable bonds is 2. The summed E-state index contributed by atoms with van der Waals surface area (Å²) >= 11 is 0. The molecule has 18 heavy (non-hydrogen) atoms. The molecule has 1 fully saturated rings. The molecule has 2 aromatic carbocycles. The molecule has 3 rings (SSSR count). The van der Waals surface area contributed by atoms with Crippen LogP contribution in [-0.2, 0) is 0 Å². The molecule has 0 bridgehead atoms. The van der Waals surface area contributed by atoms with Gasteiger partial charge < -0.3 is 5.73 Å². The summed E-state index contributed by atoms with van der Waals surface area (Å²) in [5, 5.41) is 2.63. The second-order valence-corrected chi connectivity index (χ2v) is 5.14. The van der Waals surface area contributed by atoms with Crippen molar-refractivity contribution in [2.45, 2.75) is 31.7 Å².